The maximum absolute atomic E-state index is 15.3. The van der Waals surface area contributed by atoms with Gasteiger partial charge in [-0.2, -0.15) is 5.10 Å². The van der Waals surface area contributed by atoms with Gasteiger partial charge in [0.25, 0.3) is 0 Å². The number of fused-ring (bicyclic) bond motifs is 2. The van der Waals surface area contributed by atoms with E-state index in [1.807, 2.05) is 52.5 Å². The second kappa shape index (κ2) is 10.4. The van der Waals surface area contributed by atoms with Crippen molar-refractivity contribution in [2.24, 2.45) is 7.05 Å². The van der Waals surface area contributed by atoms with Crippen LogP contribution in [0.25, 0.3) is 32.5 Å². The number of rotatable bonds is 6. The molecule has 3 N–H and O–H groups in total. The van der Waals surface area contributed by atoms with Crippen LogP contribution in [0.1, 0.15) is 37.8 Å². The van der Waals surface area contributed by atoms with E-state index in [1.54, 1.807) is 20.6 Å². The molecule has 1 aliphatic heterocycles. The van der Waals surface area contributed by atoms with Gasteiger partial charge >= 0.3 is 0 Å². The van der Waals surface area contributed by atoms with Crippen molar-refractivity contribution >= 4 is 44.2 Å². The van der Waals surface area contributed by atoms with Crippen LogP contribution in [0.3, 0.4) is 0 Å². The number of hydrogen-bond acceptors (Lipinski definition) is 8. The molecule has 0 radical (unpaired) electrons. The van der Waals surface area contributed by atoms with Gasteiger partial charge in [0.1, 0.15) is 29.8 Å². The fourth-order valence-electron chi connectivity index (χ4n) is 4.73. The molecule has 37 heavy (non-hydrogen) atoms. The fourth-order valence-corrected chi connectivity index (χ4v) is 5.75. The number of pyridine rings is 1. The molecule has 5 aromatic heterocycles. The van der Waals surface area contributed by atoms with Gasteiger partial charge in [-0.15, -0.1) is 11.3 Å². The number of alkyl halides is 1. The third kappa shape index (κ3) is 4.76. The zero-order valence-electron chi connectivity index (χ0n) is 21.3. The summed E-state index contributed by atoms with van der Waals surface area (Å²) in [6.45, 7) is 4.00. The maximum atomic E-state index is 15.3. The molecule has 6 rings (SSSR count). The van der Waals surface area contributed by atoms with E-state index in [-0.39, 0.29) is 6.10 Å². The van der Waals surface area contributed by atoms with E-state index in [0.717, 1.165) is 40.1 Å². The molecule has 3 unspecified atom stereocenters. The topological polar surface area (TPSA) is 109 Å². The van der Waals surface area contributed by atoms with Crippen LogP contribution in [0.4, 0.5) is 16.0 Å². The molecular formula is C26H31FN8OS. The first-order valence-electron chi connectivity index (χ1n) is 12.5. The second-order valence-corrected chi connectivity index (χ2v) is 9.93. The fraction of sp³-hybridized carbons (Fsp3) is 0.385. The number of hydrogen-bond donors (Lipinski definition) is 2. The van der Waals surface area contributed by atoms with Crippen LogP contribution < -0.4 is 11.1 Å². The molecule has 0 amide bonds. The third-order valence-corrected chi connectivity index (χ3v) is 7.57. The number of aromatic nitrogens is 6. The molecule has 0 aromatic carbocycles. The summed E-state index contributed by atoms with van der Waals surface area (Å²) in [7, 11) is 3.70. The van der Waals surface area contributed by atoms with Crippen molar-refractivity contribution in [3.8, 4) is 11.3 Å². The lowest BCUT2D eigenvalue weighted by Gasteiger charge is -2.16. The Morgan fingerprint density at radius 2 is 2.08 bits per heavy atom. The predicted molar refractivity (Wildman–Crippen MR) is 146 cm³/mol. The molecule has 0 spiro atoms. The number of aryl methyl sites for hydroxylation is 2. The molecule has 0 bridgehead atoms. The SMILES string of the molecule is CC.CNc1ccc2sc(CCC3CC(F)C(n4cc(-c5ccn(C)n5)c5c(N)ncnc54)O3)cc2n1. The highest BCUT2D eigenvalue weighted by Crippen LogP contribution is 2.40. The van der Waals surface area contributed by atoms with Gasteiger partial charge in [0.05, 0.1) is 27.4 Å². The zero-order valence-corrected chi connectivity index (χ0v) is 22.2. The Kier molecular flexibility index (Phi) is 7.07. The van der Waals surface area contributed by atoms with Crippen molar-refractivity contribution in [3.05, 3.63) is 47.9 Å². The number of nitrogens with zero attached hydrogens (tertiary/aromatic N) is 6. The summed E-state index contributed by atoms with van der Waals surface area (Å²) in [5.74, 6) is 1.18. The van der Waals surface area contributed by atoms with Gasteiger partial charge in [-0.25, -0.2) is 19.3 Å². The van der Waals surface area contributed by atoms with E-state index in [1.165, 1.54) is 11.2 Å². The summed E-state index contributed by atoms with van der Waals surface area (Å²) in [6, 6.07) is 8.04. The first-order chi connectivity index (χ1) is 18.0. The molecule has 194 valence electrons. The van der Waals surface area contributed by atoms with Crippen LogP contribution in [-0.4, -0.2) is 48.6 Å². The van der Waals surface area contributed by atoms with E-state index in [2.05, 4.69) is 37.5 Å². The second-order valence-electron chi connectivity index (χ2n) is 8.76. The molecule has 1 aliphatic rings. The molecule has 0 saturated carbocycles. The van der Waals surface area contributed by atoms with Crippen molar-refractivity contribution in [1.29, 1.82) is 0 Å². The average Bonchev–Trinajstić information content (AvgIpc) is 3.68. The highest BCUT2D eigenvalue weighted by atomic mass is 32.1. The van der Waals surface area contributed by atoms with Crippen molar-refractivity contribution in [2.45, 2.75) is 51.6 Å². The number of nitrogens with one attached hydrogen (secondary N) is 1. The molecular weight excluding hydrogens is 491 g/mol. The minimum absolute atomic E-state index is 0.198. The van der Waals surface area contributed by atoms with E-state index in [4.69, 9.17) is 10.5 Å². The number of nitrogens with two attached hydrogens (primary N) is 1. The quantitative estimate of drug-likeness (QED) is 0.309. The molecule has 9 nitrogen and oxygen atoms in total. The highest BCUT2D eigenvalue weighted by molar-refractivity contribution is 7.19. The van der Waals surface area contributed by atoms with E-state index >= 15 is 4.39 Å². The largest absolute Gasteiger partial charge is 0.383 e. The lowest BCUT2D eigenvalue weighted by atomic mass is 10.1. The van der Waals surface area contributed by atoms with Gasteiger partial charge in [0.2, 0.25) is 0 Å². The first-order valence-corrected chi connectivity index (χ1v) is 13.3. The van der Waals surface area contributed by atoms with E-state index in [0.29, 0.717) is 23.3 Å². The molecule has 0 aliphatic carbocycles. The minimum Gasteiger partial charge on any atom is -0.383 e. The number of anilines is 2. The molecule has 6 heterocycles. The highest BCUT2D eigenvalue weighted by Gasteiger charge is 2.38. The van der Waals surface area contributed by atoms with Gasteiger partial charge in [0, 0.05) is 43.4 Å². The number of halogens is 1. The monoisotopic (exact) mass is 522 g/mol. The number of thiophene rings is 1. The Bertz CT molecular complexity index is 1530. The van der Waals surface area contributed by atoms with Crippen LogP contribution >= 0.6 is 11.3 Å². The normalized spacial score (nSPS) is 19.3. The molecule has 1 fully saturated rings. The number of ether oxygens (including phenoxy) is 1. The molecule has 5 aromatic rings. The van der Waals surface area contributed by atoms with Crippen LogP contribution in [0.2, 0.25) is 0 Å². The summed E-state index contributed by atoms with van der Waals surface area (Å²) < 4.78 is 26.1. The van der Waals surface area contributed by atoms with Gasteiger partial charge in [-0.3, -0.25) is 4.68 Å². The van der Waals surface area contributed by atoms with Gasteiger partial charge in [0.15, 0.2) is 6.23 Å². The van der Waals surface area contributed by atoms with Crippen molar-refractivity contribution < 1.29 is 9.13 Å². The molecule has 11 heteroatoms. The standard InChI is InChI=1S/C24H25FN8OS.C2H6/c1-27-20-6-5-19-18(30-20)10-14(35-19)4-3-13-9-16(25)24(34-13)33-11-15(17-7-8-32(2)31-17)21-22(26)28-12-29-23(21)33;1-2/h5-8,10-13,16,24H,3-4,9H2,1-2H3,(H,27,30)(H2,26,28,29);1-2H3. The Morgan fingerprint density at radius 3 is 2.84 bits per heavy atom. The summed E-state index contributed by atoms with van der Waals surface area (Å²) >= 11 is 1.72. The Labute approximate surface area is 218 Å². The van der Waals surface area contributed by atoms with E-state index in [9.17, 15) is 0 Å². The van der Waals surface area contributed by atoms with E-state index < -0.39 is 12.4 Å². The number of nitrogen functional groups attached to an aromatic ring is 1. The van der Waals surface area contributed by atoms with Gasteiger partial charge in [-0.1, -0.05) is 13.8 Å². The minimum atomic E-state index is -1.16. The lowest BCUT2D eigenvalue weighted by Crippen LogP contribution is -2.16. The summed E-state index contributed by atoms with van der Waals surface area (Å²) in [5, 5.41) is 8.21. The Hall–Kier alpha value is -3.57. The third-order valence-electron chi connectivity index (χ3n) is 6.43. The van der Waals surface area contributed by atoms with Crippen LogP contribution in [-0.2, 0) is 18.2 Å². The predicted octanol–water partition coefficient (Wildman–Crippen LogP) is 5.35. The summed E-state index contributed by atoms with van der Waals surface area (Å²) in [6.07, 6.45) is 4.79. The molecule has 1 saturated heterocycles. The zero-order chi connectivity index (χ0) is 26.1. The van der Waals surface area contributed by atoms with Crippen LogP contribution in [0, 0.1) is 0 Å². The van der Waals surface area contributed by atoms with Crippen molar-refractivity contribution in [1.82, 2.24) is 29.3 Å². The average molecular weight is 523 g/mol. The Morgan fingerprint density at radius 1 is 1.24 bits per heavy atom. The summed E-state index contributed by atoms with van der Waals surface area (Å²) in [4.78, 5) is 14.4. The smallest absolute Gasteiger partial charge is 0.167 e. The van der Waals surface area contributed by atoms with Crippen molar-refractivity contribution in [2.75, 3.05) is 18.1 Å². The summed E-state index contributed by atoms with van der Waals surface area (Å²) in [5.41, 5.74) is 9.20. The first kappa shape index (κ1) is 25.1. The van der Waals surface area contributed by atoms with Crippen LogP contribution in [0.5, 0.6) is 0 Å². The van der Waals surface area contributed by atoms with Gasteiger partial charge < -0.3 is 20.4 Å². The lowest BCUT2D eigenvalue weighted by molar-refractivity contribution is -0.0183. The Balaban J connectivity index is 0.00000137. The van der Waals surface area contributed by atoms with Crippen molar-refractivity contribution in [3.63, 3.8) is 0 Å². The maximum Gasteiger partial charge on any atom is 0.167 e. The molecule has 3 atom stereocenters. The van der Waals surface area contributed by atoms with Crippen LogP contribution in [0.15, 0.2) is 43.0 Å². The van der Waals surface area contributed by atoms with Gasteiger partial charge in [-0.05, 0) is 37.1 Å².